The van der Waals surface area contributed by atoms with Crippen LogP contribution in [0.1, 0.15) is 4.88 Å². The van der Waals surface area contributed by atoms with Crippen molar-refractivity contribution in [1.82, 2.24) is 9.55 Å². The van der Waals surface area contributed by atoms with Crippen molar-refractivity contribution in [2.45, 2.75) is 18.4 Å². The van der Waals surface area contributed by atoms with Gasteiger partial charge < -0.3 is 14.0 Å². The maximum absolute atomic E-state index is 11.1. The Labute approximate surface area is 142 Å². The molecule has 23 heavy (non-hydrogen) atoms. The van der Waals surface area contributed by atoms with E-state index in [4.69, 9.17) is 25.3 Å². The van der Waals surface area contributed by atoms with Crippen LogP contribution in [0.2, 0.25) is 4.34 Å². The predicted octanol–water partition coefficient (Wildman–Crippen LogP) is 1.84. The molecule has 0 saturated carbocycles. The molecule has 2 atom stereocenters. The first-order valence-corrected chi connectivity index (χ1v) is 9.75. The standard InChI is InChI=1S/C13H15ClN2O5S2/c1-23(17,18)20-7-10-6-19-13(21-10,8-16-5-4-15-9-16)11-2-3-12(14)22-11/h2-5,9-10H,6-8H2,1H3. The van der Waals surface area contributed by atoms with Crippen LogP contribution >= 0.6 is 22.9 Å². The van der Waals surface area contributed by atoms with Crippen LogP contribution in [0.5, 0.6) is 0 Å². The molecule has 2 aromatic heterocycles. The van der Waals surface area contributed by atoms with E-state index in [0.29, 0.717) is 10.9 Å². The lowest BCUT2D eigenvalue weighted by atomic mass is 10.2. The van der Waals surface area contributed by atoms with Gasteiger partial charge in [0.05, 0.1) is 41.6 Å². The maximum Gasteiger partial charge on any atom is 0.264 e. The van der Waals surface area contributed by atoms with Crippen LogP contribution in [0.25, 0.3) is 0 Å². The lowest BCUT2D eigenvalue weighted by Crippen LogP contribution is -2.33. The number of hydrogen-bond acceptors (Lipinski definition) is 7. The average Bonchev–Trinajstić information content (AvgIpc) is 3.18. The summed E-state index contributed by atoms with van der Waals surface area (Å²) in [7, 11) is -3.53. The zero-order valence-corrected chi connectivity index (χ0v) is 14.6. The SMILES string of the molecule is CS(=O)(=O)OCC1COC(Cn2ccnc2)(c2ccc(Cl)s2)O1. The number of halogens is 1. The molecule has 0 spiro atoms. The summed E-state index contributed by atoms with van der Waals surface area (Å²) in [5, 5.41) is 0. The molecule has 7 nitrogen and oxygen atoms in total. The van der Waals surface area contributed by atoms with Gasteiger partial charge in [-0.05, 0) is 12.1 Å². The van der Waals surface area contributed by atoms with Gasteiger partial charge in [-0.15, -0.1) is 11.3 Å². The zero-order chi connectivity index (χ0) is 16.5. The Balaban J connectivity index is 1.80. The summed E-state index contributed by atoms with van der Waals surface area (Å²) >= 11 is 7.38. The van der Waals surface area contributed by atoms with Crippen LogP contribution in [0, 0.1) is 0 Å². The Hall–Kier alpha value is -0.970. The number of thiophene rings is 1. The van der Waals surface area contributed by atoms with Crippen LogP contribution < -0.4 is 0 Å². The molecule has 126 valence electrons. The molecule has 10 heteroatoms. The van der Waals surface area contributed by atoms with Crippen LogP contribution in [0.15, 0.2) is 30.9 Å². The molecular weight excluding hydrogens is 364 g/mol. The molecule has 0 bridgehead atoms. The number of nitrogens with zero attached hydrogens (tertiary/aromatic N) is 2. The quantitative estimate of drug-likeness (QED) is 0.713. The number of aromatic nitrogens is 2. The van der Waals surface area contributed by atoms with Gasteiger partial charge in [0, 0.05) is 12.4 Å². The number of rotatable bonds is 6. The third kappa shape index (κ3) is 4.11. The first-order valence-electron chi connectivity index (χ1n) is 6.74. The van der Waals surface area contributed by atoms with E-state index >= 15 is 0 Å². The highest BCUT2D eigenvalue weighted by Crippen LogP contribution is 2.40. The molecule has 0 N–H and O–H groups in total. The van der Waals surface area contributed by atoms with Crippen molar-refractivity contribution in [1.29, 1.82) is 0 Å². The molecule has 0 radical (unpaired) electrons. The van der Waals surface area contributed by atoms with E-state index in [2.05, 4.69) is 4.98 Å². The lowest BCUT2D eigenvalue weighted by molar-refractivity contribution is -0.186. The highest BCUT2D eigenvalue weighted by molar-refractivity contribution is 7.85. The van der Waals surface area contributed by atoms with Gasteiger partial charge in [0.25, 0.3) is 10.1 Å². The molecule has 1 aliphatic heterocycles. The zero-order valence-electron chi connectivity index (χ0n) is 12.2. The van der Waals surface area contributed by atoms with Crippen molar-refractivity contribution in [3.63, 3.8) is 0 Å². The van der Waals surface area contributed by atoms with E-state index in [1.807, 2.05) is 10.6 Å². The van der Waals surface area contributed by atoms with Crippen molar-refractivity contribution in [2.75, 3.05) is 19.5 Å². The molecule has 0 amide bonds. The van der Waals surface area contributed by atoms with E-state index in [9.17, 15) is 8.42 Å². The minimum absolute atomic E-state index is 0.0936. The fraction of sp³-hybridized carbons (Fsp3) is 0.462. The topological polar surface area (TPSA) is 79.7 Å². The van der Waals surface area contributed by atoms with E-state index < -0.39 is 22.0 Å². The number of imidazole rings is 1. The van der Waals surface area contributed by atoms with Crippen molar-refractivity contribution < 1.29 is 22.1 Å². The van der Waals surface area contributed by atoms with E-state index in [1.165, 1.54) is 11.3 Å². The smallest absolute Gasteiger partial charge is 0.264 e. The molecular formula is C13H15ClN2O5S2. The summed E-state index contributed by atoms with van der Waals surface area (Å²) < 4.78 is 41.4. The second kappa shape index (κ2) is 6.50. The second-order valence-corrected chi connectivity index (χ2v) is 8.49. The summed E-state index contributed by atoms with van der Waals surface area (Å²) in [5.74, 6) is -1.04. The van der Waals surface area contributed by atoms with E-state index in [1.54, 1.807) is 24.8 Å². The van der Waals surface area contributed by atoms with Crippen LogP contribution in [0.3, 0.4) is 0 Å². The van der Waals surface area contributed by atoms with Crippen molar-refractivity contribution in [3.05, 3.63) is 40.1 Å². The lowest BCUT2D eigenvalue weighted by Gasteiger charge is -2.27. The van der Waals surface area contributed by atoms with Gasteiger partial charge >= 0.3 is 0 Å². The fourth-order valence-corrected chi connectivity index (χ4v) is 3.80. The third-order valence-electron chi connectivity index (χ3n) is 3.23. The van der Waals surface area contributed by atoms with Gasteiger partial charge in [0.1, 0.15) is 6.10 Å². The summed E-state index contributed by atoms with van der Waals surface area (Å²) in [6.07, 6.45) is 5.62. The van der Waals surface area contributed by atoms with Crippen molar-refractivity contribution in [3.8, 4) is 0 Å². The monoisotopic (exact) mass is 378 g/mol. The van der Waals surface area contributed by atoms with Gasteiger partial charge in [0.15, 0.2) is 0 Å². The third-order valence-corrected chi connectivity index (χ3v) is 5.15. The van der Waals surface area contributed by atoms with Gasteiger partial charge in [0.2, 0.25) is 5.79 Å². The second-order valence-electron chi connectivity index (χ2n) is 5.13. The van der Waals surface area contributed by atoms with Crippen molar-refractivity contribution >= 4 is 33.1 Å². The Morgan fingerprint density at radius 2 is 2.39 bits per heavy atom. The summed E-state index contributed by atoms with van der Waals surface area (Å²) in [6, 6.07) is 3.61. The molecule has 0 aromatic carbocycles. The Morgan fingerprint density at radius 3 is 3.00 bits per heavy atom. The average molecular weight is 379 g/mol. The maximum atomic E-state index is 11.1. The highest BCUT2D eigenvalue weighted by atomic mass is 35.5. The highest BCUT2D eigenvalue weighted by Gasteiger charge is 2.45. The fourth-order valence-electron chi connectivity index (χ4n) is 2.28. The largest absolute Gasteiger partial charge is 0.341 e. The molecule has 0 aliphatic carbocycles. The number of hydrogen-bond donors (Lipinski definition) is 0. The molecule has 2 aromatic rings. The molecule has 2 unspecified atom stereocenters. The van der Waals surface area contributed by atoms with Gasteiger partial charge in [-0.2, -0.15) is 8.42 Å². The van der Waals surface area contributed by atoms with Gasteiger partial charge in [-0.1, -0.05) is 11.6 Å². The molecule has 1 saturated heterocycles. The first-order chi connectivity index (χ1) is 10.9. The summed E-state index contributed by atoms with van der Waals surface area (Å²) in [6.45, 7) is 0.503. The minimum atomic E-state index is -3.53. The Kier molecular flexibility index (Phi) is 4.77. The van der Waals surface area contributed by atoms with Crippen LogP contribution in [-0.2, 0) is 36.1 Å². The van der Waals surface area contributed by atoms with E-state index in [-0.39, 0.29) is 13.2 Å². The summed E-state index contributed by atoms with van der Waals surface area (Å²) in [5.41, 5.74) is 0. The Bertz CT molecular complexity index is 761. The van der Waals surface area contributed by atoms with Gasteiger partial charge in [-0.25, -0.2) is 4.98 Å². The summed E-state index contributed by atoms with van der Waals surface area (Å²) in [4.78, 5) is 4.81. The van der Waals surface area contributed by atoms with E-state index in [0.717, 1.165) is 11.1 Å². The van der Waals surface area contributed by atoms with Crippen LogP contribution in [0.4, 0.5) is 0 Å². The molecule has 1 aliphatic rings. The molecule has 3 heterocycles. The minimum Gasteiger partial charge on any atom is -0.341 e. The molecule has 3 rings (SSSR count). The van der Waals surface area contributed by atoms with Crippen molar-refractivity contribution in [2.24, 2.45) is 0 Å². The molecule has 1 fully saturated rings. The van der Waals surface area contributed by atoms with Gasteiger partial charge in [-0.3, -0.25) is 4.18 Å². The first kappa shape index (κ1) is 16.9. The number of ether oxygens (including phenoxy) is 2. The normalized spacial score (nSPS) is 25.0. The predicted molar refractivity (Wildman–Crippen MR) is 84.9 cm³/mol. The Morgan fingerprint density at radius 1 is 1.57 bits per heavy atom. The van der Waals surface area contributed by atoms with Crippen LogP contribution in [-0.4, -0.2) is 43.5 Å².